The lowest BCUT2D eigenvalue weighted by atomic mass is 10.0. The number of benzene rings is 1. The van der Waals surface area contributed by atoms with Crippen LogP contribution in [0.5, 0.6) is 5.75 Å². The highest BCUT2D eigenvalue weighted by Gasteiger charge is 2.21. The second-order valence-corrected chi connectivity index (χ2v) is 10.5. The first-order valence-corrected chi connectivity index (χ1v) is 11.5. The Bertz CT molecular complexity index is 631. The topological polar surface area (TPSA) is 43.4 Å². The minimum Gasteiger partial charge on any atom is -0.493 e. The molecule has 1 aliphatic carbocycles. The molecule has 0 bridgehead atoms. The van der Waals surface area contributed by atoms with E-state index in [2.05, 4.69) is 25.1 Å². The summed E-state index contributed by atoms with van der Waals surface area (Å²) in [6.07, 6.45) is 9.00. The first-order valence-electron chi connectivity index (χ1n) is 9.82. The Morgan fingerprint density at radius 1 is 1.08 bits per heavy atom. The third-order valence-electron chi connectivity index (χ3n) is 5.09. The summed E-state index contributed by atoms with van der Waals surface area (Å²) >= 11 is 0. The van der Waals surface area contributed by atoms with Crippen molar-refractivity contribution in [3.05, 3.63) is 29.3 Å². The van der Waals surface area contributed by atoms with Gasteiger partial charge >= 0.3 is 0 Å². The van der Waals surface area contributed by atoms with Gasteiger partial charge < -0.3 is 4.74 Å². The zero-order valence-electron chi connectivity index (χ0n) is 16.1. The van der Waals surface area contributed by atoms with Gasteiger partial charge in [0.25, 0.3) is 0 Å². The Labute approximate surface area is 154 Å². The van der Waals surface area contributed by atoms with Crippen LogP contribution >= 0.6 is 0 Å². The van der Waals surface area contributed by atoms with Gasteiger partial charge in [0.15, 0.2) is 9.84 Å². The second-order valence-electron chi connectivity index (χ2n) is 7.78. The molecule has 0 aliphatic heterocycles. The second kappa shape index (κ2) is 9.61. The number of rotatable bonds is 12. The van der Waals surface area contributed by atoms with Crippen molar-refractivity contribution >= 4 is 9.84 Å². The van der Waals surface area contributed by atoms with Crippen LogP contribution in [0.3, 0.4) is 0 Å². The van der Waals surface area contributed by atoms with Gasteiger partial charge in [0, 0.05) is 0 Å². The minimum absolute atomic E-state index is 0.244. The number of ether oxygens (including phenoxy) is 1. The number of aryl methyl sites for hydroxylation is 2. The summed E-state index contributed by atoms with van der Waals surface area (Å²) in [6, 6.07) is 6.46. The van der Waals surface area contributed by atoms with E-state index in [1.54, 1.807) is 13.8 Å². The molecular formula is C21H34O3S. The molecule has 1 aromatic rings. The maximum absolute atomic E-state index is 11.7. The number of unbranched alkanes of at least 4 members (excludes halogenated alkanes) is 4. The first-order chi connectivity index (χ1) is 11.9. The third kappa shape index (κ3) is 7.39. The van der Waals surface area contributed by atoms with Crippen molar-refractivity contribution in [3.8, 4) is 5.75 Å². The van der Waals surface area contributed by atoms with E-state index < -0.39 is 9.84 Å². The molecule has 1 fully saturated rings. The molecular weight excluding hydrogens is 332 g/mol. The summed E-state index contributed by atoms with van der Waals surface area (Å²) in [5.74, 6) is 2.13. The fourth-order valence-electron chi connectivity index (χ4n) is 2.92. The molecule has 0 saturated heterocycles. The predicted octanol–water partition coefficient (Wildman–Crippen LogP) is 5.10. The lowest BCUT2D eigenvalue weighted by Gasteiger charge is -2.10. The molecule has 1 aliphatic rings. The fourth-order valence-corrected chi connectivity index (χ4v) is 4.00. The lowest BCUT2D eigenvalue weighted by Crippen LogP contribution is -2.17. The van der Waals surface area contributed by atoms with Crippen molar-refractivity contribution in [2.75, 3.05) is 12.4 Å². The number of sulfone groups is 1. The molecule has 0 N–H and O–H groups in total. The van der Waals surface area contributed by atoms with E-state index in [9.17, 15) is 8.42 Å². The SMILES string of the molecule is Cc1cc(OCC2CC2)ccc1CCCCCCCS(=O)(=O)C(C)C. The van der Waals surface area contributed by atoms with E-state index in [-0.39, 0.29) is 5.25 Å². The molecule has 0 aromatic heterocycles. The molecule has 2 rings (SSSR count). The summed E-state index contributed by atoms with van der Waals surface area (Å²) in [5.41, 5.74) is 2.72. The van der Waals surface area contributed by atoms with Gasteiger partial charge in [-0.2, -0.15) is 0 Å². The number of hydrogen-bond acceptors (Lipinski definition) is 3. The van der Waals surface area contributed by atoms with E-state index >= 15 is 0 Å². The molecule has 4 heteroatoms. The number of hydrogen-bond donors (Lipinski definition) is 0. The molecule has 142 valence electrons. The van der Waals surface area contributed by atoms with Crippen LogP contribution in [-0.2, 0) is 16.3 Å². The molecule has 0 heterocycles. The van der Waals surface area contributed by atoms with Crippen molar-refractivity contribution in [1.82, 2.24) is 0 Å². The Hall–Kier alpha value is -1.03. The first kappa shape index (κ1) is 20.3. The molecule has 0 radical (unpaired) electrons. The van der Waals surface area contributed by atoms with E-state index in [0.29, 0.717) is 5.75 Å². The van der Waals surface area contributed by atoms with E-state index in [1.165, 1.54) is 36.8 Å². The Morgan fingerprint density at radius 2 is 1.76 bits per heavy atom. The van der Waals surface area contributed by atoms with E-state index in [4.69, 9.17) is 4.74 Å². The molecule has 1 saturated carbocycles. The highest BCUT2D eigenvalue weighted by atomic mass is 32.2. The molecule has 0 unspecified atom stereocenters. The Kier molecular flexibility index (Phi) is 7.80. The quantitative estimate of drug-likeness (QED) is 0.483. The molecule has 0 atom stereocenters. The van der Waals surface area contributed by atoms with Gasteiger partial charge in [-0.25, -0.2) is 8.42 Å². The molecule has 0 spiro atoms. The Morgan fingerprint density at radius 3 is 2.40 bits per heavy atom. The molecule has 1 aromatic carbocycles. The highest BCUT2D eigenvalue weighted by molar-refractivity contribution is 7.91. The van der Waals surface area contributed by atoms with Crippen molar-refractivity contribution in [1.29, 1.82) is 0 Å². The van der Waals surface area contributed by atoms with Gasteiger partial charge in [-0.1, -0.05) is 25.3 Å². The summed E-state index contributed by atoms with van der Waals surface area (Å²) in [5, 5.41) is -0.244. The largest absolute Gasteiger partial charge is 0.493 e. The summed E-state index contributed by atoms with van der Waals surface area (Å²) < 4.78 is 29.3. The van der Waals surface area contributed by atoms with Crippen LogP contribution in [0.1, 0.15) is 69.9 Å². The van der Waals surface area contributed by atoms with Crippen LogP contribution in [0, 0.1) is 12.8 Å². The highest BCUT2D eigenvalue weighted by Crippen LogP contribution is 2.30. The monoisotopic (exact) mass is 366 g/mol. The van der Waals surface area contributed by atoms with Crippen molar-refractivity contribution in [2.24, 2.45) is 5.92 Å². The molecule has 25 heavy (non-hydrogen) atoms. The van der Waals surface area contributed by atoms with Crippen LogP contribution in [-0.4, -0.2) is 26.0 Å². The van der Waals surface area contributed by atoms with E-state index in [1.807, 2.05) is 0 Å². The maximum atomic E-state index is 11.7. The van der Waals surface area contributed by atoms with Gasteiger partial charge in [-0.05, 0) is 82.1 Å². The maximum Gasteiger partial charge on any atom is 0.152 e. The lowest BCUT2D eigenvalue weighted by molar-refractivity contribution is 0.299. The van der Waals surface area contributed by atoms with Crippen molar-refractivity contribution in [3.63, 3.8) is 0 Å². The predicted molar refractivity (Wildman–Crippen MR) is 105 cm³/mol. The minimum atomic E-state index is -2.86. The van der Waals surface area contributed by atoms with Gasteiger partial charge in [0.05, 0.1) is 17.6 Å². The van der Waals surface area contributed by atoms with E-state index in [0.717, 1.165) is 44.0 Å². The summed E-state index contributed by atoms with van der Waals surface area (Å²) in [4.78, 5) is 0. The van der Waals surface area contributed by atoms with Gasteiger partial charge in [0.2, 0.25) is 0 Å². The molecule has 0 amide bonds. The Balaban J connectivity index is 1.59. The average Bonchev–Trinajstić information content (AvgIpc) is 3.37. The third-order valence-corrected chi connectivity index (χ3v) is 7.38. The summed E-state index contributed by atoms with van der Waals surface area (Å²) in [6.45, 7) is 6.56. The zero-order chi connectivity index (χ0) is 18.3. The summed E-state index contributed by atoms with van der Waals surface area (Å²) in [7, 11) is -2.86. The van der Waals surface area contributed by atoms with Crippen molar-refractivity contribution < 1.29 is 13.2 Å². The van der Waals surface area contributed by atoms with Gasteiger partial charge in [-0.3, -0.25) is 0 Å². The fraction of sp³-hybridized carbons (Fsp3) is 0.714. The normalized spacial score (nSPS) is 14.9. The molecule has 3 nitrogen and oxygen atoms in total. The smallest absolute Gasteiger partial charge is 0.152 e. The average molecular weight is 367 g/mol. The van der Waals surface area contributed by atoms with Crippen LogP contribution in [0.4, 0.5) is 0 Å². The standard InChI is InChI=1S/C21H34O3S/c1-17(2)25(22,23)14-8-6-4-5-7-9-20-12-13-21(15-18(20)3)24-16-19-10-11-19/h12-13,15,17,19H,4-11,14,16H2,1-3H3. The van der Waals surface area contributed by atoms with Gasteiger partial charge in [-0.15, -0.1) is 0 Å². The zero-order valence-corrected chi connectivity index (χ0v) is 16.9. The van der Waals surface area contributed by atoms with Crippen LogP contribution in [0.25, 0.3) is 0 Å². The van der Waals surface area contributed by atoms with Crippen LogP contribution < -0.4 is 4.74 Å². The van der Waals surface area contributed by atoms with Crippen LogP contribution in [0.2, 0.25) is 0 Å². The van der Waals surface area contributed by atoms with Gasteiger partial charge in [0.1, 0.15) is 5.75 Å². The van der Waals surface area contributed by atoms with Crippen molar-refractivity contribution in [2.45, 2.75) is 77.4 Å². The van der Waals surface area contributed by atoms with Crippen LogP contribution in [0.15, 0.2) is 18.2 Å².